The maximum atomic E-state index is 10.6. The molecule has 1 unspecified atom stereocenters. The Morgan fingerprint density at radius 3 is 2.25 bits per heavy atom. The number of aliphatic hydroxyl groups is 1. The summed E-state index contributed by atoms with van der Waals surface area (Å²) in [5.74, 6) is 0. The quantitative estimate of drug-likeness (QED) is 0.662. The Morgan fingerprint density at radius 1 is 1.05 bits per heavy atom. The molecule has 0 radical (unpaired) electrons. The van der Waals surface area contributed by atoms with Crippen molar-refractivity contribution in [3.8, 4) is 0 Å². The molecule has 102 valence electrons. The fraction of sp³-hybridized carbons (Fsp3) is 0.222. The molecule has 0 amide bonds. The molecule has 4 atom stereocenters. The number of hydrogen-bond acceptors (Lipinski definition) is 2. The minimum Gasteiger partial charge on any atom is -0.387 e. The number of rotatable bonds is 5. The molecule has 1 N–H and O–H groups in total. The zero-order valence-corrected chi connectivity index (χ0v) is 11.4. The topological polar surface area (TPSA) is 23.2 Å². The zero-order chi connectivity index (χ0) is 13.9. The van der Waals surface area contributed by atoms with E-state index in [1.165, 1.54) is 5.56 Å². The summed E-state index contributed by atoms with van der Waals surface area (Å²) in [5.41, 5.74) is 2.24. The molecule has 20 heavy (non-hydrogen) atoms. The van der Waals surface area contributed by atoms with Crippen LogP contribution in [-0.2, 0) is 0 Å². The van der Waals surface area contributed by atoms with Gasteiger partial charge in [-0.25, -0.2) is 0 Å². The van der Waals surface area contributed by atoms with Crippen LogP contribution in [0.3, 0.4) is 0 Å². The van der Waals surface area contributed by atoms with Gasteiger partial charge in [0.2, 0.25) is 0 Å². The van der Waals surface area contributed by atoms with Gasteiger partial charge in [-0.3, -0.25) is 4.90 Å². The van der Waals surface area contributed by atoms with Crippen LogP contribution in [0.25, 0.3) is 0 Å². The monoisotopic (exact) mass is 265 g/mol. The van der Waals surface area contributed by atoms with Crippen molar-refractivity contribution in [2.45, 2.75) is 18.2 Å². The third-order valence-electron chi connectivity index (χ3n) is 3.92. The van der Waals surface area contributed by atoms with E-state index in [1.807, 2.05) is 54.6 Å². The Bertz CT molecular complexity index is 566. The highest BCUT2D eigenvalue weighted by Crippen LogP contribution is 2.48. The number of hydrogen-bond donors (Lipinski definition) is 1. The van der Waals surface area contributed by atoms with Crippen molar-refractivity contribution in [1.82, 2.24) is 4.90 Å². The van der Waals surface area contributed by atoms with Crippen LogP contribution in [0, 0.1) is 0 Å². The Labute approximate surface area is 120 Å². The Balaban J connectivity index is 1.83. The van der Waals surface area contributed by atoms with Crippen LogP contribution in [-0.4, -0.2) is 22.6 Å². The van der Waals surface area contributed by atoms with Crippen LogP contribution < -0.4 is 0 Å². The molecule has 0 saturated carbocycles. The third-order valence-corrected chi connectivity index (χ3v) is 3.92. The minimum absolute atomic E-state index is 0.137. The minimum atomic E-state index is -0.457. The van der Waals surface area contributed by atoms with Crippen LogP contribution in [0.2, 0.25) is 0 Å². The maximum Gasteiger partial charge on any atom is 0.0964 e. The van der Waals surface area contributed by atoms with Crippen molar-refractivity contribution in [1.29, 1.82) is 0 Å². The lowest BCUT2D eigenvalue weighted by Gasteiger charge is -2.10. The zero-order valence-electron chi connectivity index (χ0n) is 11.4. The van der Waals surface area contributed by atoms with E-state index in [2.05, 4.69) is 23.6 Å². The predicted octanol–water partition coefficient (Wildman–Crippen LogP) is 3.33. The molecule has 0 aliphatic carbocycles. The summed E-state index contributed by atoms with van der Waals surface area (Å²) < 4.78 is 0. The molecule has 2 heteroatoms. The summed E-state index contributed by atoms with van der Waals surface area (Å²) in [6.07, 6.45) is 1.44. The number of nitrogens with zero attached hydrogens (tertiary/aromatic N) is 1. The van der Waals surface area contributed by atoms with Gasteiger partial charge >= 0.3 is 0 Å². The number of benzene rings is 2. The van der Waals surface area contributed by atoms with Crippen LogP contribution >= 0.6 is 0 Å². The van der Waals surface area contributed by atoms with Gasteiger partial charge in [-0.1, -0.05) is 66.7 Å². The van der Waals surface area contributed by atoms with E-state index >= 15 is 0 Å². The van der Waals surface area contributed by atoms with Crippen molar-refractivity contribution in [3.63, 3.8) is 0 Å². The van der Waals surface area contributed by atoms with E-state index in [0.29, 0.717) is 0 Å². The van der Waals surface area contributed by atoms with Gasteiger partial charge in [-0.2, -0.15) is 0 Å². The average Bonchev–Trinajstić information content (AvgIpc) is 3.23. The normalized spacial score (nSPS) is 25.9. The molecule has 2 nitrogen and oxygen atoms in total. The molecule has 2 aromatic carbocycles. The highest BCUT2D eigenvalue weighted by molar-refractivity contribution is 5.31. The van der Waals surface area contributed by atoms with Gasteiger partial charge in [-0.05, 0) is 11.1 Å². The summed E-state index contributed by atoms with van der Waals surface area (Å²) in [7, 11) is 0. The van der Waals surface area contributed by atoms with Crippen LogP contribution in [0.5, 0.6) is 0 Å². The molecule has 0 bridgehead atoms. The summed E-state index contributed by atoms with van der Waals surface area (Å²) in [4.78, 5) is 2.28. The highest BCUT2D eigenvalue weighted by Gasteiger charge is 2.51. The smallest absolute Gasteiger partial charge is 0.0964 e. The predicted molar refractivity (Wildman–Crippen MR) is 81.3 cm³/mol. The van der Waals surface area contributed by atoms with Gasteiger partial charge in [0.1, 0.15) is 0 Å². The third kappa shape index (κ3) is 2.40. The van der Waals surface area contributed by atoms with E-state index in [4.69, 9.17) is 0 Å². The van der Waals surface area contributed by atoms with E-state index in [1.54, 1.807) is 0 Å². The van der Waals surface area contributed by atoms with E-state index in [9.17, 15) is 5.11 Å². The molecular weight excluding hydrogens is 246 g/mol. The first-order chi connectivity index (χ1) is 9.83. The van der Waals surface area contributed by atoms with Gasteiger partial charge in [0.05, 0.1) is 18.2 Å². The van der Waals surface area contributed by atoms with Crippen LogP contribution in [0.4, 0.5) is 0 Å². The summed E-state index contributed by atoms with van der Waals surface area (Å²) in [6, 6.07) is 20.7. The first kappa shape index (κ1) is 13.1. The molecule has 1 fully saturated rings. The largest absolute Gasteiger partial charge is 0.387 e. The second kappa shape index (κ2) is 5.61. The van der Waals surface area contributed by atoms with Gasteiger partial charge in [0, 0.05) is 6.54 Å². The van der Waals surface area contributed by atoms with Crippen molar-refractivity contribution >= 4 is 0 Å². The summed E-state index contributed by atoms with van der Waals surface area (Å²) in [6.45, 7) is 4.61. The molecule has 0 spiro atoms. The van der Waals surface area contributed by atoms with Crippen molar-refractivity contribution in [3.05, 3.63) is 84.4 Å². The van der Waals surface area contributed by atoms with E-state index in [-0.39, 0.29) is 12.1 Å². The fourth-order valence-corrected chi connectivity index (χ4v) is 2.92. The van der Waals surface area contributed by atoms with E-state index < -0.39 is 6.10 Å². The second-order valence-corrected chi connectivity index (χ2v) is 5.19. The molecule has 1 heterocycles. The average molecular weight is 265 g/mol. The Kier molecular flexibility index (Phi) is 3.68. The Morgan fingerprint density at radius 2 is 1.65 bits per heavy atom. The molecule has 1 aliphatic rings. The van der Waals surface area contributed by atoms with Crippen LogP contribution in [0.15, 0.2) is 73.3 Å². The van der Waals surface area contributed by atoms with Crippen molar-refractivity contribution in [2.75, 3.05) is 6.54 Å². The van der Waals surface area contributed by atoms with Gasteiger partial charge < -0.3 is 5.11 Å². The molecule has 3 rings (SSSR count). The molecule has 2 aromatic rings. The lowest BCUT2D eigenvalue weighted by atomic mass is 10.0. The SMILES string of the molecule is C=CCN1[C@H]([C@H](O)c2ccccc2)[C@H]1c1ccccc1. The summed E-state index contributed by atoms with van der Waals surface area (Å²) >= 11 is 0. The molecule has 1 aliphatic heterocycles. The first-order valence-electron chi connectivity index (χ1n) is 6.97. The first-order valence-corrected chi connectivity index (χ1v) is 6.97. The van der Waals surface area contributed by atoms with Gasteiger partial charge in [-0.15, -0.1) is 6.58 Å². The Hall–Kier alpha value is -1.90. The molecule has 0 aromatic heterocycles. The van der Waals surface area contributed by atoms with Gasteiger partial charge in [0.25, 0.3) is 0 Å². The fourth-order valence-electron chi connectivity index (χ4n) is 2.92. The second-order valence-electron chi connectivity index (χ2n) is 5.19. The van der Waals surface area contributed by atoms with Crippen LogP contribution in [0.1, 0.15) is 23.3 Å². The molecular formula is C18H19NO. The molecule has 1 saturated heterocycles. The van der Waals surface area contributed by atoms with E-state index in [0.717, 1.165) is 12.1 Å². The number of aliphatic hydroxyl groups excluding tert-OH is 1. The summed E-state index contributed by atoms with van der Waals surface area (Å²) in [5, 5.41) is 10.6. The van der Waals surface area contributed by atoms with Crippen molar-refractivity contribution in [2.24, 2.45) is 0 Å². The van der Waals surface area contributed by atoms with Crippen molar-refractivity contribution < 1.29 is 5.11 Å². The lowest BCUT2D eigenvalue weighted by molar-refractivity contribution is 0.159. The highest BCUT2D eigenvalue weighted by atomic mass is 16.3. The maximum absolute atomic E-state index is 10.6. The lowest BCUT2D eigenvalue weighted by Crippen LogP contribution is -2.11. The standard InChI is InChI=1S/C18H19NO/c1-2-13-19-16(14-9-5-3-6-10-14)17(19)18(20)15-11-7-4-8-12-15/h2-12,16-18,20H,1,13H2/t16-,17+,18-,19?/m1/s1. The van der Waals surface area contributed by atoms with Gasteiger partial charge in [0.15, 0.2) is 0 Å².